The Morgan fingerprint density at radius 1 is 1.46 bits per heavy atom. The van der Waals surface area contributed by atoms with E-state index in [1.54, 1.807) is 0 Å². The van der Waals surface area contributed by atoms with Gasteiger partial charge in [-0.1, -0.05) is 13.8 Å². The van der Waals surface area contributed by atoms with Crippen LogP contribution in [-0.4, -0.2) is 44.0 Å². The lowest BCUT2D eigenvalue weighted by Crippen LogP contribution is -2.31. The van der Waals surface area contributed by atoms with E-state index < -0.39 is 0 Å². The monoisotopic (exact) mass is 331 g/mol. The zero-order chi connectivity index (χ0) is 17.1. The summed E-state index contributed by atoms with van der Waals surface area (Å²) in [6.45, 7) is 9.80. The molecule has 1 aliphatic rings. The fourth-order valence-corrected chi connectivity index (χ4v) is 3.16. The number of carbonyl (C=O) groups excluding carboxylic acids is 1. The van der Waals surface area contributed by atoms with E-state index in [4.69, 9.17) is 4.74 Å². The summed E-state index contributed by atoms with van der Waals surface area (Å²) in [7, 11) is 0. The third-order valence-corrected chi connectivity index (χ3v) is 4.18. The SMILES string of the molecule is CCOC(=O)c1nn(CC(C)C)c2c1CN(Cc1cn[nH]c1)CC2. The molecule has 2 aromatic heterocycles. The highest BCUT2D eigenvalue weighted by molar-refractivity contribution is 5.89. The molecular formula is C17H25N5O2. The second kappa shape index (κ2) is 7.17. The van der Waals surface area contributed by atoms with Crippen LogP contribution in [0.2, 0.25) is 0 Å². The van der Waals surface area contributed by atoms with Gasteiger partial charge >= 0.3 is 5.97 Å². The van der Waals surface area contributed by atoms with Crippen LogP contribution in [0.25, 0.3) is 0 Å². The number of esters is 1. The van der Waals surface area contributed by atoms with Crippen molar-refractivity contribution in [3.8, 4) is 0 Å². The van der Waals surface area contributed by atoms with Crippen molar-refractivity contribution in [2.45, 2.75) is 46.8 Å². The van der Waals surface area contributed by atoms with Crippen LogP contribution in [0.15, 0.2) is 12.4 Å². The Morgan fingerprint density at radius 2 is 2.29 bits per heavy atom. The number of hydrogen-bond acceptors (Lipinski definition) is 5. The molecule has 0 bridgehead atoms. The molecule has 0 aliphatic carbocycles. The number of fused-ring (bicyclic) bond motifs is 1. The average molecular weight is 331 g/mol. The second-order valence-corrected chi connectivity index (χ2v) is 6.64. The highest BCUT2D eigenvalue weighted by Crippen LogP contribution is 2.25. The Balaban J connectivity index is 1.86. The van der Waals surface area contributed by atoms with Gasteiger partial charge in [-0.2, -0.15) is 10.2 Å². The maximum Gasteiger partial charge on any atom is 0.359 e. The van der Waals surface area contributed by atoms with Gasteiger partial charge in [-0.15, -0.1) is 0 Å². The van der Waals surface area contributed by atoms with Gasteiger partial charge in [-0.25, -0.2) is 4.79 Å². The predicted molar refractivity (Wildman–Crippen MR) is 89.4 cm³/mol. The minimum atomic E-state index is -0.318. The summed E-state index contributed by atoms with van der Waals surface area (Å²) < 4.78 is 7.21. The number of aromatic amines is 1. The van der Waals surface area contributed by atoms with E-state index in [9.17, 15) is 4.79 Å². The Hall–Kier alpha value is -2.15. The third-order valence-electron chi connectivity index (χ3n) is 4.18. The van der Waals surface area contributed by atoms with Crippen molar-refractivity contribution in [3.05, 3.63) is 34.9 Å². The molecule has 3 heterocycles. The van der Waals surface area contributed by atoms with Crippen molar-refractivity contribution in [2.75, 3.05) is 13.2 Å². The van der Waals surface area contributed by atoms with Gasteiger partial charge in [0, 0.05) is 55.6 Å². The van der Waals surface area contributed by atoms with Crippen LogP contribution in [0.1, 0.15) is 48.1 Å². The summed E-state index contributed by atoms with van der Waals surface area (Å²) in [5.41, 5.74) is 3.81. The predicted octanol–water partition coefficient (Wildman–Crippen LogP) is 2.00. The first kappa shape index (κ1) is 16.7. The van der Waals surface area contributed by atoms with Gasteiger partial charge in [0.2, 0.25) is 0 Å². The number of aromatic nitrogens is 4. The second-order valence-electron chi connectivity index (χ2n) is 6.64. The molecule has 1 aliphatic heterocycles. The van der Waals surface area contributed by atoms with Gasteiger partial charge < -0.3 is 4.74 Å². The highest BCUT2D eigenvalue weighted by Gasteiger charge is 2.29. The summed E-state index contributed by atoms with van der Waals surface area (Å²) in [5.74, 6) is 0.162. The molecule has 130 valence electrons. The number of H-pyrrole nitrogens is 1. The minimum absolute atomic E-state index is 0.318. The summed E-state index contributed by atoms with van der Waals surface area (Å²) in [4.78, 5) is 14.6. The molecule has 0 spiro atoms. The van der Waals surface area contributed by atoms with Crippen molar-refractivity contribution < 1.29 is 9.53 Å². The zero-order valence-corrected chi connectivity index (χ0v) is 14.6. The summed E-state index contributed by atoms with van der Waals surface area (Å²) in [5, 5.41) is 11.4. The van der Waals surface area contributed by atoms with E-state index in [0.717, 1.165) is 37.2 Å². The first-order chi connectivity index (χ1) is 11.6. The number of rotatable bonds is 6. The van der Waals surface area contributed by atoms with Crippen LogP contribution >= 0.6 is 0 Å². The van der Waals surface area contributed by atoms with E-state index in [1.807, 2.05) is 24.0 Å². The molecule has 0 radical (unpaired) electrons. The lowest BCUT2D eigenvalue weighted by molar-refractivity contribution is 0.0515. The van der Waals surface area contributed by atoms with Crippen molar-refractivity contribution >= 4 is 5.97 Å². The first-order valence-corrected chi connectivity index (χ1v) is 8.54. The zero-order valence-electron chi connectivity index (χ0n) is 14.6. The number of ether oxygens (including phenoxy) is 1. The highest BCUT2D eigenvalue weighted by atomic mass is 16.5. The van der Waals surface area contributed by atoms with Gasteiger partial charge in [-0.3, -0.25) is 14.7 Å². The Kier molecular flexibility index (Phi) is 4.99. The molecule has 0 saturated carbocycles. The summed E-state index contributed by atoms with van der Waals surface area (Å²) in [6.07, 6.45) is 4.64. The number of carbonyl (C=O) groups is 1. The number of nitrogens with zero attached hydrogens (tertiary/aromatic N) is 4. The molecule has 7 heteroatoms. The molecule has 1 N–H and O–H groups in total. The Morgan fingerprint density at radius 3 is 2.96 bits per heavy atom. The molecule has 2 aromatic rings. The lowest BCUT2D eigenvalue weighted by atomic mass is 10.0. The van der Waals surface area contributed by atoms with E-state index in [2.05, 4.69) is 34.0 Å². The van der Waals surface area contributed by atoms with Crippen LogP contribution in [0.4, 0.5) is 0 Å². The van der Waals surface area contributed by atoms with Crippen molar-refractivity contribution in [2.24, 2.45) is 5.92 Å². The largest absolute Gasteiger partial charge is 0.461 e. The van der Waals surface area contributed by atoms with Crippen molar-refractivity contribution in [3.63, 3.8) is 0 Å². The quantitative estimate of drug-likeness (QED) is 0.819. The normalized spacial score (nSPS) is 14.8. The Labute approximate surface area is 142 Å². The molecule has 0 amide bonds. The maximum atomic E-state index is 12.3. The van der Waals surface area contributed by atoms with Crippen LogP contribution in [-0.2, 0) is 30.8 Å². The summed E-state index contributed by atoms with van der Waals surface area (Å²) in [6, 6.07) is 0. The smallest absolute Gasteiger partial charge is 0.359 e. The van der Waals surface area contributed by atoms with Crippen LogP contribution in [0.3, 0.4) is 0 Å². The van der Waals surface area contributed by atoms with E-state index in [0.29, 0.717) is 24.8 Å². The van der Waals surface area contributed by atoms with Gasteiger partial charge in [0.15, 0.2) is 5.69 Å². The average Bonchev–Trinajstić information content (AvgIpc) is 3.15. The minimum Gasteiger partial charge on any atom is -0.461 e. The van der Waals surface area contributed by atoms with Crippen LogP contribution in [0, 0.1) is 5.92 Å². The standard InChI is InChI=1S/C17H25N5O2/c1-4-24-17(23)16-14-11-21(10-13-7-18-19-8-13)6-5-15(14)22(20-16)9-12(2)3/h7-8,12H,4-6,9-11H2,1-3H3,(H,18,19). The molecule has 3 rings (SSSR count). The fraction of sp³-hybridized carbons (Fsp3) is 0.588. The van der Waals surface area contributed by atoms with Gasteiger partial charge in [0.1, 0.15) is 0 Å². The molecule has 24 heavy (non-hydrogen) atoms. The fourth-order valence-electron chi connectivity index (χ4n) is 3.16. The number of nitrogens with one attached hydrogen (secondary N) is 1. The molecule has 0 aromatic carbocycles. The maximum absolute atomic E-state index is 12.3. The molecule has 0 saturated heterocycles. The molecule has 0 atom stereocenters. The summed E-state index contributed by atoms with van der Waals surface area (Å²) >= 11 is 0. The Bertz CT molecular complexity index is 690. The van der Waals surface area contributed by atoms with Gasteiger partial charge in [-0.05, 0) is 12.8 Å². The van der Waals surface area contributed by atoms with Crippen molar-refractivity contribution in [1.82, 2.24) is 24.9 Å². The van der Waals surface area contributed by atoms with E-state index >= 15 is 0 Å². The lowest BCUT2D eigenvalue weighted by Gasteiger charge is -2.27. The van der Waals surface area contributed by atoms with Crippen molar-refractivity contribution in [1.29, 1.82) is 0 Å². The molecule has 7 nitrogen and oxygen atoms in total. The van der Waals surface area contributed by atoms with Crippen LogP contribution in [0.5, 0.6) is 0 Å². The van der Waals surface area contributed by atoms with Gasteiger partial charge in [0.05, 0.1) is 12.8 Å². The van der Waals surface area contributed by atoms with E-state index in [-0.39, 0.29) is 5.97 Å². The molecule has 0 unspecified atom stereocenters. The van der Waals surface area contributed by atoms with Gasteiger partial charge in [0.25, 0.3) is 0 Å². The molecule has 0 fully saturated rings. The topological polar surface area (TPSA) is 76.0 Å². The molecular weight excluding hydrogens is 306 g/mol. The van der Waals surface area contributed by atoms with E-state index in [1.165, 1.54) is 5.69 Å². The first-order valence-electron chi connectivity index (χ1n) is 8.54. The third kappa shape index (κ3) is 3.51. The number of hydrogen-bond donors (Lipinski definition) is 1. The van der Waals surface area contributed by atoms with Crippen LogP contribution < -0.4 is 0 Å².